The van der Waals surface area contributed by atoms with Crippen LogP contribution in [0.2, 0.25) is 0 Å². The van der Waals surface area contributed by atoms with Crippen molar-refractivity contribution >= 4 is 34.6 Å². The average molecular weight is 290 g/mol. The summed E-state index contributed by atoms with van der Waals surface area (Å²) in [6.07, 6.45) is 0. The normalized spacial score (nSPS) is 10.3. The molecule has 0 radical (unpaired) electrons. The van der Waals surface area contributed by atoms with E-state index in [0.29, 0.717) is 10.6 Å². The molecule has 1 amide bonds. The predicted molar refractivity (Wildman–Crippen MR) is 79.6 cm³/mol. The van der Waals surface area contributed by atoms with E-state index in [2.05, 4.69) is 5.32 Å². The summed E-state index contributed by atoms with van der Waals surface area (Å²) in [7, 11) is 0. The fourth-order valence-electron chi connectivity index (χ4n) is 1.72. The maximum Gasteiger partial charge on any atom is 0.337 e. The van der Waals surface area contributed by atoms with Crippen LogP contribution in [-0.4, -0.2) is 17.0 Å². The van der Waals surface area contributed by atoms with E-state index in [1.54, 1.807) is 12.1 Å². The fourth-order valence-corrected chi connectivity index (χ4v) is 2.65. The van der Waals surface area contributed by atoms with E-state index in [0.717, 1.165) is 10.4 Å². The van der Waals surface area contributed by atoms with Crippen LogP contribution in [0.1, 0.15) is 30.5 Å². The van der Waals surface area contributed by atoms with Crippen LogP contribution in [0, 0.1) is 13.8 Å². The van der Waals surface area contributed by atoms with Gasteiger partial charge in [-0.3, -0.25) is 4.79 Å². The van der Waals surface area contributed by atoms with Gasteiger partial charge < -0.3 is 16.2 Å². The number of nitrogens with two attached hydrogens (primary N) is 1. The van der Waals surface area contributed by atoms with Gasteiger partial charge in [0.2, 0.25) is 0 Å². The van der Waals surface area contributed by atoms with Crippen molar-refractivity contribution in [1.82, 2.24) is 0 Å². The van der Waals surface area contributed by atoms with Crippen molar-refractivity contribution in [2.75, 3.05) is 11.1 Å². The molecular formula is C14H14N2O3S. The predicted octanol–water partition coefficient (Wildman–Crippen LogP) is 2.90. The Kier molecular flexibility index (Phi) is 3.76. The van der Waals surface area contributed by atoms with Crippen LogP contribution in [0.15, 0.2) is 24.3 Å². The van der Waals surface area contributed by atoms with Gasteiger partial charge in [0.05, 0.1) is 16.1 Å². The van der Waals surface area contributed by atoms with E-state index in [1.165, 1.54) is 23.5 Å². The molecule has 1 heterocycles. The summed E-state index contributed by atoms with van der Waals surface area (Å²) < 4.78 is 0. The number of carboxylic acid groups (broad SMARTS) is 1. The summed E-state index contributed by atoms with van der Waals surface area (Å²) in [6, 6.07) is 6.15. The first-order valence-electron chi connectivity index (χ1n) is 5.89. The lowest BCUT2D eigenvalue weighted by Crippen LogP contribution is -2.14. The number of hydrogen-bond acceptors (Lipinski definition) is 4. The molecule has 2 aromatic rings. The fraction of sp³-hybridized carbons (Fsp3) is 0.143. The standard InChI is InChI=1S/C14H14N2O3S/c1-7-5-12(20-8(7)2)13(17)16-11-4-3-9(15)6-10(11)14(18)19/h3-6H,15H2,1-2H3,(H,16,17)(H,18,19). The van der Waals surface area contributed by atoms with Crippen LogP contribution in [0.4, 0.5) is 11.4 Å². The van der Waals surface area contributed by atoms with E-state index in [9.17, 15) is 9.59 Å². The molecule has 0 aliphatic rings. The van der Waals surface area contributed by atoms with Gasteiger partial charge in [0, 0.05) is 10.6 Å². The largest absolute Gasteiger partial charge is 0.478 e. The van der Waals surface area contributed by atoms with Crippen molar-refractivity contribution in [3.8, 4) is 0 Å². The number of carbonyl (C=O) groups excluding carboxylic acids is 1. The van der Waals surface area contributed by atoms with Gasteiger partial charge >= 0.3 is 5.97 Å². The maximum atomic E-state index is 12.1. The highest BCUT2D eigenvalue weighted by Gasteiger charge is 2.15. The average Bonchev–Trinajstić information content (AvgIpc) is 2.71. The van der Waals surface area contributed by atoms with Crippen LogP contribution in [-0.2, 0) is 0 Å². The maximum absolute atomic E-state index is 12.1. The number of hydrogen-bond donors (Lipinski definition) is 3. The van der Waals surface area contributed by atoms with Gasteiger partial charge in [-0.2, -0.15) is 0 Å². The van der Waals surface area contributed by atoms with Crippen LogP contribution < -0.4 is 11.1 Å². The number of aromatic carboxylic acids is 1. The molecule has 4 N–H and O–H groups in total. The van der Waals surface area contributed by atoms with Crippen molar-refractivity contribution in [1.29, 1.82) is 0 Å². The molecule has 0 unspecified atom stereocenters. The highest BCUT2D eigenvalue weighted by atomic mass is 32.1. The lowest BCUT2D eigenvalue weighted by molar-refractivity contribution is 0.0698. The Labute approximate surface area is 120 Å². The smallest absolute Gasteiger partial charge is 0.337 e. The van der Waals surface area contributed by atoms with Gasteiger partial charge in [-0.1, -0.05) is 0 Å². The summed E-state index contributed by atoms with van der Waals surface area (Å²) in [6.45, 7) is 3.86. The lowest BCUT2D eigenvalue weighted by atomic mass is 10.1. The second kappa shape index (κ2) is 5.34. The lowest BCUT2D eigenvalue weighted by Gasteiger charge is -2.08. The number of carboxylic acids is 1. The summed E-state index contributed by atoms with van der Waals surface area (Å²) in [5, 5.41) is 11.7. The van der Waals surface area contributed by atoms with Crippen molar-refractivity contribution in [3.63, 3.8) is 0 Å². The summed E-state index contributed by atoms with van der Waals surface area (Å²) in [4.78, 5) is 24.9. The third kappa shape index (κ3) is 2.80. The van der Waals surface area contributed by atoms with Crippen molar-refractivity contribution < 1.29 is 14.7 Å². The molecule has 1 aromatic carbocycles. The van der Waals surface area contributed by atoms with Crippen LogP contribution >= 0.6 is 11.3 Å². The van der Waals surface area contributed by atoms with Crippen molar-refractivity contribution in [3.05, 3.63) is 45.1 Å². The molecule has 5 nitrogen and oxygen atoms in total. The molecule has 0 spiro atoms. The molecular weight excluding hydrogens is 276 g/mol. The molecule has 1 aromatic heterocycles. The second-order valence-corrected chi connectivity index (χ2v) is 5.67. The topological polar surface area (TPSA) is 92.4 Å². The number of amides is 1. The molecule has 20 heavy (non-hydrogen) atoms. The molecule has 0 aliphatic heterocycles. The molecule has 0 saturated heterocycles. The number of thiophene rings is 1. The van der Waals surface area contributed by atoms with Gasteiger partial charge in [0.25, 0.3) is 5.91 Å². The Hall–Kier alpha value is -2.34. The van der Waals surface area contributed by atoms with Crippen LogP contribution in [0.5, 0.6) is 0 Å². The van der Waals surface area contributed by atoms with Crippen LogP contribution in [0.25, 0.3) is 0 Å². The zero-order valence-electron chi connectivity index (χ0n) is 11.1. The molecule has 104 valence electrons. The Bertz CT molecular complexity index is 672. The Balaban J connectivity index is 2.30. The monoisotopic (exact) mass is 290 g/mol. The van der Waals surface area contributed by atoms with Gasteiger partial charge in [0.1, 0.15) is 0 Å². The SMILES string of the molecule is Cc1cc(C(=O)Nc2ccc(N)cc2C(=O)O)sc1C. The minimum absolute atomic E-state index is 0.0247. The van der Waals surface area contributed by atoms with Gasteiger partial charge in [-0.25, -0.2) is 4.79 Å². The van der Waals surface area contributed by atoms with Crippen molar-refractivity contribution in [2.45, 2.75) is 13.8 Å². The highest BCUT2D eigenvalue weighted by molar-refractivity contribution is 7.14. The summed E-state index contributed by atoms with van der Waals surface area (Å²) >= 11 is 1.37. The number of carbonyl (C=O) groups is 2. The Morgan fingerprint density at radius 1 is 1.25 bits per heavy atom. The van der Waals surface area contributed by atoms with Crippen molar-refractivity contribution in [2.24, 2.45) is 0 Å². The Morgan fingerprint density at radius 3 is 2.50 bits per heavy atom. The first kappa shape index (κ1) is 14.1. The first-order chi connectivity index (χ1) is 9.38. The van der Waals surface area contributed by atoms with E-state index >= 15 is 0 Å². The third-order valence-electron chi connectivity index (χ3n) is 2.91. The number of benzene rings is 1. The summed E-state index contributed by atoms with van der Waals surface area (Å²) in [5.41, 5.74) is 7.14. The molecule has 0 atom stereocenters. The molecule has 0 aliphatic carbocycles. The van der Waals surface area contributed by atoms with E-state index in [4.69, 9.17) is 10.8 Å². The zero-order valence-corrected chi connectivity index (χ0v) is 11.9. The second-order valence-electron chi connectivity index (χ2n) is 4.41. The quantitative estimate of drug-likeness (QED) is 0.758. The number of nitrogens with one attached hydrogen (secondary N) is 1. The van der Waals surface area contributed by atoms with E-state index < -0.39 is 5.97 Å². The van der Waals surface area contributed by atoms with Gasteiger partial charge in [0.15, 0.2) is 0 Å². The number of nitrogen functional groups attached to an aromatic ring is 1. The van der Waals surface area contributed by atoms with Crippen LogP contribution in [0.3, 0.4) is 0 Å². The molecule has 6 heteroatoms. The molecule has 0 fully saturated rings. The minimum atomic E-state index is -1.13. The van der Waals surface area contributed by atoms with E-state index in [-0.39, 0.29) is 17.2 Å². The molecule has 2 rings (SSSR count). The number of anilines is 2. The number of rotatable bonds is 3. The highest BCUT2D eigenvalue weighted by Crippen LogP contribution is 2.24. The van der Waals surface area contributed by atoms with E-state index in [1.807, 2.05) is 13.8 Å². The van der Waals surface area contributed by atoms with Gasteiger partial charge in [-0.15, -0.1) is 11.3 Å². The first-order valence-corrected chi connectivity index (χ1v) is 6.71. The van der Waals surface area contributed by atoms with Gasteiger partial charge in [-0.05, 0) is 43.7 Å². The third-order valence-corrected chi connectivity index (χ3v) is 4.06. The molecule has 0 saturated carbocycles. The summed E-state index contributed by atoms with van der Waals surface area (Å²) in [5.74, 6) is -1.45. The molecule has 0 bridgehead atoms. The zero-order chi connectivity index (χ0) is 14.9. The number of aryl methyl sites for hydroxylation is 2. The Morgan fingerprint density at radius 2 is 1.95 bits per heavy atom. The minimum Gasteiger partial charge on any atom is -0.478 e.